The molecule has 0 aliphatic rings. The molecule has 0 amide bonds. The Bertz CT molecular complexity index is 677. The highest BCUT2D eigenvalue weighted by molar-refractivity contribution is 9.10. The van der Waals surface area contributed by atoms with Gasteiger partial charge >= 0.3 is 0 Å². The number of benzene rings is 1. The Hall–Kier alpha value is -1.47. The molecule has 0 radical (unpaired) electrons. The highest BCUT2D eigenvalue weighted by Gasteiger charge is 2.04. The molecule has 5 nitrogen and oxygen atoms in total. The Morgan fingerprint density at radius 1 is 1.55 bits per heavy atom. The van der Waals surface area contributed by atoms with E-state index in [0.717, 1.165) is 34.5 Å². The second-order valence-corrected chi connectivity index (χ2v) is 5.39. The van der Waals surface area contributed by atoms with Gasteiger partial charge in [0.05, 0.1) is 17.8 Å². The van der Waals surface area contributed by atoms with Gasteiger partial charge in [-0.15, -0.1) is 0 Å². The molecule has 7 heteroatoms. The van der Waals surface area contributed by atoms with E-state index in [9.17, 15) is 0 Å². The summed E-state index contributed by atoms with van der Waals surface area (Å²) in [6.45, 7) is 2.09. The van der Waals surface area contributed by atoms with Crippen molar-refractivity contribution in [2.75, 3.05) is 7.11 Å². The smallest absolute Gasteiger partial charge is 0.216 e. The van der Waals surface area contributed by atoms with Gasteiger partial charge in [-0.2, -0.15) is 14.9 Å². The van der Waals surface area contributed by atoms with E-state index in [1.807, 2.05) is 18.2 Å². The number of aromatic amines is 1. The van der Waals surface area contributed by atoms with Gasteiger partial charge in [0.2, 0.25) is 4.77 Å². The van der Waals surface area contributed by atoms with Crippen LogP contribution in [-0.2, 0) is 6.42 Å². The number of rotatable bonds is 5. The van der Waals surface area contributed by atoms with Gasteiger partial charge in [0.1, 0.15) is 5.75 Å². The Kier molecular flexibility index (Phi) is 5.08. The molecule has 0 fully saturated rings. The second-order valence-electron chi connectivity index (χ2n) is 4.15. The number of aryl methyl sites for hydroxylation is 1. The summed E-state index contributed by atoms with van der Waals surface area (Å²) >= 11 is 8.62. The minimum atomic E-state index is 0.497. The van der Waals surface area contributed by atoms with E-state index in [1.54, 1.807) is 18.0 Å². The lowest BCUT2D eigenvalue weighted by Crippen LogP contribution is -1.98. The largest absolute Gasteiger partial charge is 0.496 e. The first-order chi connectivity index (χ1) is 9.65. The molecule has 0 spiro atoms. The molecule has 1 aromatic heterocycles. The van der Waals surface area contributed by atoms with Crippen molar-refractivity contribution in [3.63, 3.8) is 0 Å². The van der Waals surface area contributed by atoms with Crippen molar-refractivity contribution < 1.29 is 4.74 Å². The standard InChI is InChI=1S/C13H15BrN4OS/c1-3-4-12-16-17-13(20)18(12)15-8-9-5-6-11(19-2)10(14)7-9/h5-8H,3-4H2,1-2H3,(H,17,20)/b15-8-. The molecule has 1 heterocycles. The SMILES string of the molecule is CCCc1n[nH]c(=S)n1/N=C\c1ccc(OC)c(Br)c1. The molecule has 2 aromatic rings. The highest BCUT2D eigenvalue weighted by atomic mass is 79.9. The summed E-state index contributed by atoms with van der Waals surface area (Å²) in [5, 5.41) is 11.3. The van der Waals surface area contributed by atoms with Crippen LogP contribution in [0.15, 0.2) is 27.8 Å². The number of aromatic nitrogens is 3. The molecular formula is C13H15BrN4OS. The van der Waals surface area contributed by atoms with Crippen LogP contribution in [0.1, 0.15) is 24.7 Å². The maximum atomic E-state index is 5.19. The van der Waals surface area contributed by atoms with Crippen molar-refractivity contribution in [3.05, 3.63) is 38.8 Å². The molecule has 0 aliphatic heterocycles. The average Bonchev–Trinajstić information content (AvgIpc) is 2.78. The van der Waals surface area contributed by atoms with Crippen molar-refractivity contribution in [1.29, 1.82) is 0 Å². The highest BCUT2D eigenvalue weighted by Crippen LogP contribution is 2.24. The lowest BCUT2D eigenvalue weighted by atomic mass is 10.2. The molecule has 106 valence electrons. The summed E-state index contributed by atoms with van der Waals surface area (Å²) in [6.07, 6.45) is 3.56. The topological polar surface area (TPSA) is 55.2 Å². The van der Waals surface area contributed by atoms with E-state index in [-0.39, 0.29) is 0 Å². The lowest BCUT2D eigenvalue weighted by molar-refractivity contribution is 0.412. The predicted molar refractivity (Wildman–Crippen MR) is 85.1 cm³/mol. The summed E-state index contributed by atoms with van der Waals surface area (Å²) in [6, 6.07) is 5.74. The van der Waals surface area contributed by atoms with Crippen LogP contribution >= 0.6 is 28.1 Å². The Balaban J connectivity index is 2.27. The van der Waals surface area contributed by atoms with E-state index in [1.165, 1.54) is 0 Å². The maximum absolute atomic E-state index is 5.19. The van der Waals surface area contributed by atoms with Gasteiger partial charge in [-0.1, -0.05) is 6.92 Å². The molecule has 0 saturated carbocycles. The van der Waals surface area contributed by atoms with Crippen LogP contribution in [0.2, 0.25) is 0 Å². The Labute approximate surface area is 130 Å². The van der Waals surface area contributed by atoms with Crippen molar-refractivity contribution in [3.8, 4) is 5.75 Å². The number of H-pyrrole nitrogens is 1. The van der Waals surface area contributed by atoms with Gasteiger partial charge in [0.25, 0.3) is 0 Å². The summed E-state index contributed by atoms with van der Waals surface area (Å²) in [5.41, 5.74) is 0.947. The molecule has 0 aliphatic carbocycles. The third-order valence-electron chi connectivity index (χ3n) is 2.69. The van der Waals surface area contributed by atoms with E-state index in [0.29, 0.717) is 4.77 Å². The van der Waals surface area contributed by atoms with Crippen molar-refractivity contribution in [1.82, 2.24) is 14.9 Å². The van der Waals surface area contributed by atoms with E-state index >= 15 is 0 Å². The van der Waals surface area contributed by atoms with Crippen molar-refractivity contribution >= 4 is 34.4 Å². The number of halogens is 1. The number of nitrogens with one attached hydrogen (secondary N) is 1. The number of ether oxygens (including phenoxy) is 1. The van der Waals surface area contributed by atoms with Gasteiger partial charge in [0, 0.05) is 6.42 Å². The Morgan fingerprint density at radius 2 is 2.35 bits per heavy atom. The molecule has 0 unspecified atom stereocenters. The molecule has 20 heavy (non-hydrogen) atoms. The first kappa shape index (κ1) is 14.9. The third-order valence-corrected chi connectivity index (χ3v) is 3.57. The van der Waals surface area contributed by atoms with Crippen LogP contribution in [-0.4, -0.2) is 28.2 Å². The fourth-order valence-electron chi connectivity index (χ4n) is 1.72. The molecule has 0 bridgehead atoms. The lowest BCUT2D eigenvalue weighted by Gasteiger charge is -2.03. The minimum Gasteiger partial charge on any atom is -0.496 e. The van der Waals surface area contributed by atoms with Gasteiger partial charge in [0.15, 0.2) is 5.82 Å². The number of nitrogens with zero attached hydrogens (tertiary/aromatic N) is 3. The fraction of sp³-hybridized carbons (Fsp3) is 0.308. The molecule has 0 atom stereocenters. The van der Waals surface area contributed by atoms with Gasteiger partial charge in [-0.3, -0.25) is 5.10 Å². The normalized spacial score (nSPS) is 11.2. The third kappa shape index (κ3) is 3.34. The maximum Gasteiger partial charge on any atom is 0.216 e. The van der Waals surface area contributed by atoms with Crippen LogP contribution in [0, 0.1) is 4.77 Å². The van der Waals surface area contributed by atoms with Crippen LogP contribution < -0.4 is 4.74 Å². The van der Waals surface area contributed by atoms with Crippen LogP contribution in [0.25, 0.3) is 0 Å². The van der Waals surface area contributed by atoms with Crippen LogP contribution in [0.4, 0.5) is 0 Å². The van der Waals surface area contributed by atoms with Crippen molar-refractivity contribution in [2.24, 2.45) is 5.10 Å². The van der Waals surface area contributed by atoms with E-state index < -0.39 is 0 Å². The summed E-state index contributed by atoms with van der Waals surface area (Å²) in [4.78, 5) is 0. The van der Waals surface area contributed by atoms with E-state index in [2.05, 4.69) is 38.2 Å². The van der Waals surface area contributed by atoms with E-state index in [4.69, 9.17) is 17.0 Å². The number of hydrogen-bond donors (Lipinski definition) is 1. The molecule has 1 N–H and O–H groups in total. The summed E-state index contributed by atoms with van der Waals surface area (Å²) in [7, 11) is 1.63. The Morgan fingerprint density at radius 3 is 3.00 bits per heavy atom. The van der Waals surface area contributed by atoms with Gasteiger partial charge in [-0.05, 0) is 58.3 Å². The molecule has 0 saturated heterocycles. The quantitative estimate of drug-likeness (QED) is 0.659. The zero-order valence-corrected chi connectivity index (χ0v) is 13.7. The zero-order valence-electron chi connectivity index (χ0n) is 11.3. The number of hydrogen-bond acceptors (Lipinski definition) is 4. The van der Waals surface area contributed by atoms with Crippen molar-refractivity contribution in [2.45, 2.75) is 19.8 Å². The number of methoxy groups -OCH3 is 1. The fourth-order valence-corrected chi connectivity index (χ4v) is 2.47. The monoisotopic (exact) mass is 354 g/mol. The first-order valence-electron chi connectivity index (χ1n) is 6.20. The average molecular weight is 355 g/mol. The molecular weight excluding hydrogens is 340 g/mol. The summed E-state index contributed by atoms with van der Waals surface area (Å²) in [5.74, 6) is 1.62. The second kappa shape index (κ2) is 6.81. The van der Waals surface area contributed by atoms with Gasteiger partial charge < -0.3 is 4.74 Å². The zero-order chi connectivity index (χ0) is 14.5. The first-order valence-corrected chi connectivity index (χ1v) is 7.40. The van der Waals surface area contributed by atoms with Crippen LogP contribution in [0.3, 0.4) is 0 Å². The van der Waals surface area contributed by atoms with Gasteiger partial charge in [-0.25, -0.2) is 0 Å². The summed E-state index contributed by atoms with van der Waals surface area (Å²) < 4.78 is 8.22. The molecule has 1 aromatic carbocycles. The predicted octanol–water partition coefficient (Wildman–Crippen LogP) is 3.55. The molecule has 2 rings (SSSR count). The minimum absolute atomic E-state index is 0.497. The van der Waals surface area contributed by atoms with Crippen LogP contribution in [0.5, 0.6) is 5.75 Å².